The molecule has 1 aliphatic carbocycles. The Morgan fingerprint density at radius 2 is 2.20 bits per heavy atom. The highest BCUT2D eigenvalue weighted by Crippen LogP contribution is 2.41. The van der Waals surface area contributed by atoms with Crippen molar-refractivity contribution < 1.29 is 19.0 Å². The Balaban J connectivity index is 2.21. The molecule has 15 heavy (non-hydrogen) atoms. The Morgan fingerprint density at radius 1 is 1.53 bits per heavy atom. The van der Waals surface area contributed by atoms with Crippen molar-refractivity contribution >= 4 is 21.9 Å². The van der Waals surface area contributed by atoms with E-state index in [1.807, 2.05) is 0 Å². The molecule has 0 saturated heterocycles. The van der Waals surface area contributed by atoms with E-state index in [2.05, 4.69) is 15.9 Å². The van der Waals surface area contributed by atoms with Gasteiger partial charge in [0.2, 0.25) is 5.60 Å². The molecule has 1 aliphatic rings. The van der Waals surface area contributed by atoms with Crippen molar-refractivity contribution in [3.63, 3.8) is 0 Å². The molecular weight excluding hydrogens is 267 g/mol. The zero-order valence-corrected chi connectivity index (χ0v) is 9.25. The van der Waals surface area contributed by atoms with Gasteiger partial charge < -0.3 is 9.84 Å². The first-order chi connectivity index (χ1) is 7.03. The average molecular weight is 275 g/mol. The van der Waals surface area contributed by atoms with Crippen LogP contribution in [-0.4, -0.2) is 16.7 Å². The minimum Gasteiger partial charge on any atom is -0.478 e. The lowest BCUT2D eigenvalue weighted by Crippen LogP contribution is -2.29. The minimum absolute atomic E-state index is 0.0156. The summed E-state index contributed by atoms with van der Waals surface area (Å²) in [7, 11) is 0. The highest BCUT2D eigenvalue weighted by atomic mass is 79.9. The summed E-state index contributed by atoms with van der Waals surface area (Å²) in [4.78, 5) is 10.8. The number of benzene rings is 1. The van der Waals surface area contributed by atoms with E-state index in [-0.39, 0.29) is 5.75 Å². The molecule has 0 bridgehead atoms. The molecule has 0 aromatic heterocycles. The number of halogens is 2. The van der Waals surface area contributed by atoms with Gasteiger partial charge in [0.1, 0.15) is 0 Å². The molecule has 0 heterocycles. The van der Waals surface area contributed by atoms with Crippen molar-refractivity contribution in [2.45, 2.75) is 18.4 Å². The molecule has 0 amide bonds. The van der Waals surface area contributed by atoms with Gasteiger partial charge in [0, 0.05) is 17.3 Å². The molecule has 0 unspecified atom stereocenters. The number of aliphatic carboxylic acids is 1. The number of hydrogen-bond acceptors (Lipinski definition) is 2. The van der Waals surface area contributed by atoms with E-state index in [0.29, 0.717) is 17.3 Å². The summed E-state index contributed by atoms with van der Waals surface area (Å²) in [6.45, 7) is 0. The topological polar surface area (TPSA) is 46.5 Å². The molecule has 5 heteroatoms. The molecule has 2 rings (SSSR count). The number of rotatable bonds is 3. The highest BCUT2D eigenvalue weighted by Gasteiger charge is 2.53. The van der Waals surface area contributed by atoms with Gasteiger partial charge in [-0.05, 0) is 18.2 Å². The fourth-order valence-corrected chi connectivity index (χ4v) is 1.57. The molecule has 1 fully saturated rings. The van der Waals surface area contributed by atoms with Crippen molar-refractivity contribution in [3.05, 3.63) is 28.5 Å². The lowest BCUT2D eigenvalue weighted by molar-refractivity contribution is -0.147. The third-order valence-corrected chi connectivity index (χ3v) is 2.79. The Labute approximate surface area is 94.0 Å². The molecular formula is C10H8BrFO3. The molecule has 3 nitrogen and oxygen atoms in total. The number of carboxylic acids is 1. The maximum Gasteiger partial charge on any atom is 0.348 e. The second-order valence-corrected chi connectivity index (χ2v) is 4.39. The smallest absolute Gasteiger partial charge is 0.348 e. The van der Waals surface area contributed by atoms with Crippen molar-refractivity contribution in [1.29, 1.82) is 0 Å². The second kappa shape index (κ2) is 3.48. The first kappa shape index (κ1) is 10.4. The van der Waals surface area contributed by atoms with E-state index < -0.39 is 17.4 Å². The van der Waals surface area contributed by atoms with Crippen LogP contribution in [0.2, 0.25) is 0 Å². The number of ether oxygens (including phenoxy) is 1. The van der Waals surface area contributed by atoms with Crippen LogP contribution in [0.3, 0.4) is 0 Å². The SMILES string of the molecule is O=C(O)C1(Oc2ccc(Br)cc2F)CC1. The summed E-state index contributed by atoms with van der Waals surface area (Å²) in [6, 6.07) is 4.27. The largest absolute Gasteiger partial charge is 0.478 e. The van der Waals surface area contributed by atoms with Crippen molar-refractivity contribution in [3.8, 4) is 5.75 Å². The molecule has 1 aromatic rings. The van der Waals surface area contributed by atoms with E-state index in [0.717, 1.165) is 0 Å². The van der Waals surface area contributed by atoms with E-state index in [1.54, 1.807) is 6.07 Å². The summed E-state index contributed by atoms with van der Waals surface area (Å²) in [6.07, 6.45) is 0.857. The molecule has 0 atom stereocenters. The van der Waals surface area contributed by atoms with Gasteiger partial charge in [0.25, 0.3) is 0 Å². The van der Waals surface area contributed by atoms with Crippen LogP contribution < -0.4 is 4.74 Å². The van der Waals surface area contributed by atoms with Gasteiger partial charge in [-0.3, -0.25) is 0 Å². The van der Waals surface area contributed by atoms with Crippen molar-refractivity contribution in [2.24, 2.45) is 0 Å². The van der Waals surface area contributed by atoms with Gasteiger partial charge in [-0.2, -0.15) is 0 Å². The zero-order chi connectivity index (χ0) is 11.1. The Bertz CT molecular complexity index is 415. The van der Waals surface area contributed by atoms with Crippen LogP contribution in [0, 0.1) is 5.82 Å². The maximum absolute atomic E-state index is 13.3. The van der Waals surface area contributed by atoms with E-state index in [9.17, 15) is 9.18 Å². The fourth-order valence-electron chi connectivity index (χ4n) is 1.24. The molecule has 1 N–H and O–H groups in total. The minimum atomic E-state index is -1.20. The third-order valence-electron chi connectivity index (χ3n) is 2.29. The Kier molecular flexibility index (Phi) is 2.42. The average Bonchev–Trinajstić information content (AvgIpc) is 2.91. The predicted octanol–water partition coefficient (Wildman–Crippen LogP) is 2.58. The summed E-state index contributed by atoms with van der Waals surface area (Å²) >= 11 is 3.11. The summed E-state index contributed by atoms with van der Waals surface area (Å²) in [5.74, 6) is -1.61. The first-order valence-corrected chi connectivity index (χ1v) is 5.20. The molecule has 0 radical (unpaired) electrons. The van der Waals surface area contributed by atoms with Gasteiger partial charge in [-0.1, -0.05) is 15.9 Å². The Morgan fingerprint density at radius 3 is 2.67 bits per heavy atom. The van der Waals surface area contributed by atoms with Gasteiger partial charge in [0.15, 0.2) is 11.6 Å². The van der Waals surface area contributed by atoms with Crippen LogP contribution >= 0.6 is 15.9 Å². The van der Waals surface area contributed by atoms with E-state index in [4.69, 9.17) is 9.84 Å². The van der Waals surface area contributed by atoms with Crippen molar-refractivity contribution in [1.82, 2.24) is 0 Å². The predicted molar refractivity (Wildman–Crippen MR) is 54.3 cm³/mol. The first-order valence-electron chi connectivity index (χ1n) is 4.41. The molecule has 1 aromatic carbocycles. The standard InChI is InChI=1S/C10H8BrFO3/c11-6-1-2-8(7(12)5-6)15-10(3-4-10)9(13)14/h1-2,5H,3-4H2,(H,13,14). The number of carbonyl (C=O) groups is 1. The second-order valence-electron chi connectivity index (χ2n) is 3.48. The van der Waals surface area contributed by atoms with Crippen LogP contribution in [0.25, 0.3) is 0 Å². The fraction of sp³-hybridized carbons (Fsp3) is 0.300. The highest BCUT2D eigenvalue weighted by molar-refractivity contribution is 9.10. The summed E-state index contributed by atoms with van der Waals surface area (Å²) < 4.78 is 19.1. The zero-order valence-electron chi connectivity index (χ0n) is 7.67. The lowest BCUT2D eigenvalue weighted by Gasteiger charge is -2.13. The molecule has 1 saturated carbocycles. The summed E-state index contributed by atoms with van der Waals surface area (Å²) in [5.41, 5.74) is -1.20. The van der Waals surface area contributed by atoms with Gasteiger partial charge in [-0.25, -0.2) is 9.18 Å². The summed E-state index contributed by atoms with van der Waals surface area (Å²) in [5, 5.41) is 8.85. The Hall–Kier alpha value is -1.10. The van der Waals surface area contributed by atoms with E-state index >= 15 is 0 Å². The third kappa shape index (κ3) is 1.97. The van der Waals surface area contributed by atoms with Gasteiger partial charge in [0.05, 0.1) is 0 Å². The number of carboxylic acid groups (broad SMARTS) is 1. The molecule has 0 spiro atoms. The molecule has 80 valence electrons. The number of hydrogen-bond donors (Lipinski definition) is 1. The van der Waals surface area contributed by atoms with Crippen LogP contribution in [0.1, 0.15) is 12.8 Å². The van der Waals surface area contributed by atoms with Gasteiger partial charge in [-0.15, -0.1) is 0 Å². The normalized spacial score (nSPS) is 17.2. The maximum atomic E-state index is 13.3. The van der Waals surface area contributed by atoms with Crippen LogP contribution in [0.5, 0.6) is 5.75 Å². The van der Waals surface area contributed by atoms with Crippen LogP contribution in [0.15, 0.2) is 22.7 Å². The monoisotopic (exact) mass is 274 g/mol. The molecule has 0 aliphatic heterocycles. The van der Waals surface area contributed by atoms with Crippen molar-refractivity contribution in [2.75, 3.05) is 0 Å². The quantitative estimate of drug-likeness (QED) is 0.922. The van der Waals surface area contributed by atoms with E-state index in [1.165, 1.54) is 12.1 Å². The van der Waals surface area contributed by atoms with Gasteiger partial charge >= 0.3 is 5.97 Å². The van der Waals surface area contributed by atoms with Crippen LogP contribution in [-0.2, 0) is 4.79 Å². The van der Waals surface area contributed by atoms with Crippen LogP contribution in [0.4, 0.5) is 4.39 Å². The lowest BCUT2D eigenvalue weighted by atomic mass is 10.3.